The summed E-state index contributed by atoms with van der Waals surface area (Å²) in [6, 6.07) is 4.23. The number of nitrogens with zero attached hydrogens (tertiary/aromatic N) is 1. The van der Waals surface area contributed by atoms with E-state index in [4.69, 9.17) is 26.6 Å². The summed E-state index contributed by atoms with van der Waals surface area (Å²) in [5, 5.41) is 21.0. The minimum atomic E-state index is -1.02. The van der Waals surface area contributed by atoms with Crippen molar-refractivity contribution in [3.05, 3.63) is 29.0 Å². The molecule has 1 aromatic rings. The molecule has 0 bridgehead atoms. The van der Waals surface area contributed by atoms with Crippen molar-refractivity contribution in [3.8, 4) is 0 Å². The maximum atomic E-state index is 13.0. The lowest BCUT2D eigenvalue weighted by Crippen LogP contribution is -2.37. The van der Waals surface area contributed by atoms with Gasteiger partial charge in [-0.15, -0.1) is 0 Å². The summed E-state index contributed by atoms with van der Waals surface area (Å²) in [7, 11) is 0. The molecule has 1 heterocycles. The molecule has 0 saturated carbocycles. The summed E-state index contributed by atoms with van der Waals surface area (Å²) in [4.78, 5) is 4.05. The maximum absolute atomic E-state index is 13.0. The average Bonchev–Trinajstić information content (AvgIpc) is 2.78. The van der Waals surface area contributed by atoms with E-state index in [1.54, 1.807) is 0 Å². The number of aliphatic imine (C=N–C) groups is 1. The fourth-order valence-corrected chi connectivity index (χ4v) is 1.64. The third-order valence-corrected chi connectivity index (χ3v) is 2.87. The Morgan fingerprint density at radius 1 is 1.44 bits per heavy atom. The Hall–Kier alpha value is -1.37. The maximum Gasteiger partial charge on any atom is 0.290 e. The highest BCUT2D eigenvalue weighted by Crippen LogP contribution is 2.22. The smallest absolute Gasteiger partial charge is 0.290 e. The summed E-state index contributed by atoms with van der Waals surface area (Å²) in [5.41, 5.74) is -0.515. The first kappa shape index (κ1) is 13.1. The molecular weight excluding hydrogens is 263 g/mol. The van der Waals surface area contributed by atoms with Crippen LogP contribution in [-0.2, 0) is 4.74 Å². The number of ether oxygens (including phenoxy) is 1. The number of aliphatic hydroxyl groups is 2. The van der Waals surface area contributed by atoms with Gasteiger partial charge in [0, 0.05) is 5.69 Å². The lowest BCUT2D eigenvalue weighted by molar-refractivity contribution is 0.0976. The third kappa shape index (κ3) is 2.55. The van der Waals surface area contributed by atoms with Crippen molar-refractivity contribution in [2.75, 3.05) is 25.1 Å². The van der Waals surface area contributed by atoms with Gasteiger partial charge in [0.2, 0.25) is 0 Å². The first-order chi connectivity index (χ1) is 8.58. The Morgan fingerprint density at radius 3 is 2.72 bits per heavy atom. The Morgan fingerprint density at radius 2 is 2.17 bits per heavy atom. The van der Waals surface area contributed by atoms with Crippen molar-refractivity contribution >= 4 is 23.3 Å². The van der Waals surface area contributed by atoms with Gasteiger partial charge in [0.05, 0.1) is 18.2 Å². The van der Waals surface area contributed by atoms with Gasteiger partial charge >= 0.3 is 0 Å². The first-order valence-electron chi connectivity index (χ1n) is 5.25. The van der Waals surface area contributed by atoms with Crippen LogP contribution in [0.3, 0.4) is 0 Å². The van der Waals surface area contributed by atoms with Crippen molar-refractivity contribution in [2.24, 2.45) is 4.99 Å². The molecule has 0 amide bonds. The number of halogens is 2. The van der Waals surface area contributed by atoms with Gasteiger partial charge in [0.1, 0.15) is 18.0 Å². The molecule has 0 spiro atoms. The van der Waals surface area contributed by atoms with E-state index in [1.807, 2.05) is 0 Å². The summed E-state index contributed by atoms with van der Waals surface area (Å²) in [6.45, 7) is -0.561. The number of amidine groups is 1. The molecule has 0 atom stereocenters. The van der Waals surface area contributed by atoms with Crippen LogP contribution in [0.15, 0.2) is 23.2 Å². The minimum Gasteiger partial charge on any atom is -0.462 e. The Balaban J connectivity index is 2.13. The van der Waals surface area contributed by atoms with E-state index in [1.165, 1.54) is 18.2 Å². The van der Waals surface area contributed by atoms with E-state index >= 15 is 0 Å². The highest BCUT2D eigenvalue weighted by molar-refractivity contribution is 6.31. The molecule has 98 valence electrons. The standard InChI is InChI=1S/C11H12ClFN2O3/c12-8-3-7(1-2-9(8)13)14-10-15-11(4-16,5-17)6-18-10/h1-3,16-17H,4-6H2,(H,14,15). The van der Waals surface area contributed by atoms with Crippen LogP contribution >= 0.6 is 11.6 Å². The molecule has 5 nitrogen and oxygen atoms in total. The van der Waals surface area contributed by atoms with Crippen LogP contribution in [0.25, 0.3) is 0 Å². The number of benzene rings is 1. The van der Waals surface area contributed by atoms with Crippen molar-refractivity contribution in [3.63, 3.8) is 0 Å². The Bertz CT molecular complexity index is 477. The monoisotopic (exact) mass is 274 g/mol. The topological polar surface area (TPSA) is 74.1 Å². The normalized spacial score (nSPS) is 17.2. The number of hydrogen-bond donors (Lipinski definition) is 3. The molecule has 3 N–H and O–H groups in total. The van der Waals surface area contributed by atoms with E-state index in [-0.39, 0.29) is 30.9 Å². The zero-order chi connectivity index (χ0) is 13.2. The molecule has 2 rings (SSSR count). The van der Waals surface area contributed by atoms with E-state index in [9.17, 15) is 4.39 Å². The number of nitrogens with one attached hydrogen (secondary N) is 1. The van der Waals surface area contributed by atoms with Crippen molar-refractivity contribution < 1.29 is 19.3 Å². The second-order valence-electron chi connectivity index (χ2n) is 4.00. The van der Waals surface area contributed by atoms with Crippen LogP contribution < -0.4 is 5.32 Å². The highest BCUT2D eigenvalue weighted by atomic mass is 35.5. The first-order valence-corrected chi connectivity index (χ1v) is 5.63. The molecule has 0 fully saturated rings. The van der Waals surface area contributed by atoms with Gasteiger partial charge in [-0.2, -0.15) is 0 Å². The fourth-order valence-electron chi connectivity index (χ4n) is 1.46. The highest BCUT2D eigenvalue weighted by Gasteiger charge is 2.35. The second kappa shape index (κ2) is 5.09. The van der Waals surface area contributed by atoms with E-state index in [0.717, 1.165) is 0 Å². The van der Waals surface area contributed by atoms with Gasteiger partial charge in [-0.1, -0.05) is 11.6 Å². The van der Waals surface area contributed by atoms with Crippen LogP contribution in [0.4, 0.5) is 10.1 Å². The van der Waals surface area contributed by atoms with E-state index in [0.29, 0.717) is 5.69 Å². The zero-order valence-corrected chi connectivity index (χ0v) is 10.1. The molecule has 0 unspecified atom stereocenters. The SMILES string of the molecule is OCC1(CO)COC(Nc2ccc(F)c(Cl)c2)=N1. The summed E-state index contributed by atoms with van der Waals surface area (Å²) in [6.07, 6.45) is 0. The van der Waals surface area contributed by atoms with Gasteiger partial charge in [0.25, 0.3) is 6.02 Å². The molecule has 1 aliphatic heterocycles. The Kier molecular flexibility index (Phi) is 3.70. The molecule has 7 heteroatoms. The Labute approximate surface area is 108 Å². The quantitative estimate of drug-likeness (QED) is 0.769. The average molecular weight is 275 g/mol. The number of anilines is 1. The zero-order valence-electron chi connectivity index (χ0n) is 9.36. The van der Waals surface area contributed by atoms with Crippen LogP contribution in [0.1, 0.15) is 0 Å². The lowest BCUT2D eigenvalue weighted by Gasteiger charge is -2.16. The molecule has 1 aromatic carbocycles. The molecule has 0 aliphatic carbocycles. The van der Waals surface area contributed by atoms with E-state index in [2.05, 4.69) is 10.3 Å². The predicted molar refractivity (Wildman–Crippen MR) is 65.3 cm³/mol. The molecule has 0 aromatic heterocycles. The van der Waals surface area contributed by atoms with Gasteiger partial charge in [-0.05, 0) is 18.2 Å². The molecular formula is C11H12ClFN2O3. The molecule has 18 heavy (non-hydrogen) atoms. The van der Waals surface area contributed by atoms with Crippen molar-refractivity contribution in [2.45, 2.75) is 5.54 Å². The van der Waals surface area contributed by atoms with Crippen molar-refractivity contribution in [1.29, 1.82) is 0 Å². The third-order valence-electron chi connectivity index (χ3n) is 2.58. The minimum absolute atomic E-state index is 0.0193. The van der Waals surface area contributed by atoms with Gasteiger partial charge in [-0.3, -0.25) is 0 Å². The fraction of sp³-hybridized carbons (Fsp3) is 0.364. The van der Waals surface area contributed by atoms with Crippen LogP contribution in [-0.4, -0.2) is 41.6 Å². The molecule has 0 radical (unpaired) electrons. The number of rotatable bonds is 3. The van der Waals surface area contributed by atoms with Crippen LogP contribution in [0.2, 0.25) is 5.02 Å². The van der Waals surface area contributed by atoms with Crippen molar-refractivity contribution in [1.82, 2.24) is 0 Å². The molecule has 1 aliphatic rings. The predicted octanol–water partition coefficient (Wildman–Crippen LogP) is 1.00. The lowest BCUT2D eigenvalue weighted by atomic mass is 10.1. The van der Waals surface area contributed by atoms with Gasteiger partial charge in [-0.25, -0.2) is 9.38 Å². The number of aliphatic hydroxyl groups excluding tert-OH is 2. The summed E-state index contributed by atoms with van der Waals surface area (Å²) in [5.74, 6) is -0.517. The summed E-state index contributed by atoms with van der Waals surface area (Å²) < 4.78 is 18.2. The summed E-state index contributed by atoms with van der Waals surface area (Å²) >= 11 is 5.63. The van der Waals surface area contributed by atoms with E-state index < -0.39 is 11.4 Å². The second-order valence-corrected chi connectivity index (χ2v) is 4.41. The van der Waals surface area contributed by atoms with Gasteiger partial charge in [0.15, 0.2) is 0 Å². The van der Waals surface area contributed by atoms with Gasteiger partial charge < -0.3 is 20.3 Å². The van der Waals surface area contributed by atoms with Crippen LogP contribution in [0.5, 0.6) is 0 Å². The van der Waals surface area contributed by atoms with Crippen LogP contribution in [0, 0.1) is 5.82 Å². The number of hydrogen-bond acceptors (Lipinski definition) is 5. The molecule has 0 saturated heterocycles. The largest absolute Gasteiger partial charge is 0.462 e.